The third-order valence-corrected chi connectivity index (χ3v) is 4.01. The van der Waals surface area contributed by atoms with E-state index in [0.29, 0.717) is 12.8 Å². The van der Waals surface area contributed by atoms with Crippen LogP contribution in [0, 0.1) is 0 Å². The normalized spacial score (nSPS) is 20.3. The third kappa shape index (κ3) is 3.44. The number of carboxylic acids is 1. The molecule has 1 aliphatic rings. The van der Waals surface area contributed by atoms with Gasteiger partial charge >= 0.3 is 5.97 Å². The van der Waals surface area contributed by atoms with Crippen LogP contribution in [0.2, 0.25) is 0 Å². The van der Waals surface area contributed by atoms with Crippen LogP contribution in [0.3, 0.4) is 0 Å². The lowest BCUT2D eigenvalue weighted by Gasteiger charge is -2.27. The fourth-order valence-corrected chi connectivity index (χ4v) is 3.27. The molecular weight excluding hydrogens is 220 g/mol. The molecule has 0 aromatic rings. The van der Waals surface area contributed by atoms with Gasteiger partial charge in [-0.15, -0.1) is 0 Å². The van der Waals surface area contributed by atoms with Gasteiger partial charge in [0.15, 0.2) is 5.75 Å². The summed E-state index contributed by atoms with van der Waals surface area (Å²) >= 11 is 0. The maximum absolute atomic E-state index is 11.4. The summed E-state index contributed by atoms with van der Waals surface area (Å²) in [5, 5.41) is 8.43. The SMILES string of the molecule is NCC1(NS(=O)(=O)CC(=O)O)CCCC1. The minimum Gasteiger partial charge on any atom is -0.480 e. The van der Waals surface area contributed by atoms with Gasteiger partial charge in [0, 0.05) is 12.1 Å². The van der Waals surface area contributed by atoms with Gasteiger partial charge in [-0.05, 0) is 12.8 Å². The van der Waals surface area contributed by atoms with Gasteiger partial charge in [0.05, 0.1) is 0 Å². The Balaban J connectivity index is 2.70. The first-order valence-corrected chi connectivity index (χ1v) is 6.48. The average Bonchev–Trinajstić information content (AvgIpc) is 2.50. The van der Waals surface area contributed by atoms with Gasteiger partial charge in [-0.3, -0.25) is 4.79 Å². The molecule has 0 spiro atoms. The van der Waals surface area contributed by atoms with E-state index < -0.39 is 27.3 Å². The second kappa shape index (κ2) is 4.46. The molecule has 0 aromatic carbocycles. The van der Waals surface area contributed by atoms with Crippen LogP contribution in [0.15, 0.2) is 0 Å². The van der Waals surface area contributed by atoms with E-state index in [1.54, 1.807) is 0 Å². The monoisotopic (exact) mass is 236 g/mol. The second-order valence-corrected chi connectivity index (χ2v) is 5.67. The number of carboxylic acid groups (broad SMARTS) is 1. The van der Waals surface area contributed by atoms with Crippen LogP contribution >= 0.6 is 0 Å². The lowest BCUT2D eigenvalue weighted by Crippen LogP contribution is -2.52. The molecule has 0 atom stereocenters. The summed E-state index contributed by atoms with van der Waals surface area (Å²) in [6.07, 6.45) is 3.21. The highest BCUT2D eigenvalue weighted by Gasteiger charge is 2.36. The minimum atomic E-state index is -3.76. The van der Waals surface area contributed by atoms with E-state index in [9.17, 15) is 13.2 Å². The molecule has 1 fully saturated rings. The predicted molar refractivity (Wildman–Crippen MR) is 54.8 cm³/mol. The summed E-state index contributed by atoms with van der Waals surface area (Å²) < 4.78 is 25.2. The van der Waals surface area contributed by atoms with Gasteiger partial charge in [0.25, 0.3) is 0 Å². The van der Waals surface area contributed by atoms with Crippen molar-refractivity contribution in [2.24, 2.45) is 5.73 Å². The Morgan fingerprint density at radius 3 is 2.33 bits per heavy atom. The zero-order valence-electron chi connectivity index (χ0n) is 8.40. The Bertz CT molecular complexity index is 333. The van der Waals surface area contributed by atoms with E-state index in [0.717, 1.165) is 12.8 Å². The first kappa shape index (κ1) is 12.4. The standard InChI is InChI=1S/C8H16N2O4S/c9-6-8(3-1-2-4-8)10-15(13,14)5-7(11)12/h10H,1-6,9H2,(H,11,12). The lowest BCUT2D eigenvalue weighted by atomic mass is 10.0. The van der Waals surface area contributed by atoms with Crippen molar-refractivity contribution in [2.45, 2.75) is 31.2 Å². The molecule has 7 heteroatoms. The van der Waals surface area contributed by atoms with Gasteiger partial charge in [-0.1, -0.05) is 12.8 Å². The van der Waals surface area contributed by atoms with Crippen molar-refractivity contribution in [2.75, 3.05) is 12.3 Å². The smallest absolute Gasteiger partial charge is 0.320 e. The number of hydrogen-bond donors (Lipinski definition) is 3. The van der Waals surface area contributed by atoms with Crippen molar-refractivity contribution >= 4 is 16.0 Å². The number of nitrogens with one attached hydrogen (secondary N) is 1. The zero-order valence-corrected chi connectivity index (χ0v) is 9.22. The van der Waals surface area contributed by atoms with E-state index in [4.69, 9.17) is 10.8 Å². The molecule has 1 rings (SSSR count). The van der Waals surface area contributed by atoms with Crippen LogP contribution in [0.25, 0.3) is 0 Å². The van der Waals surface area contributed by atoms with Crippen molar-refractivity contribution in [3.63, 3.8) is 0 Å². The molecule has 0 amide bonds. The Morgan fingerprint density at radius 2 is 1.93 bits per heavy atom. The topological polar surface area (TPSA) is 109 Å². The lowest BCUT2D eigenvalue weighted by molar-refractivity contribution is -0.134. The third-order valence-electron chi connectivity index (χ3n) is 2.64. The highest BCUT2D eigenvalue weighted by molar-refractivity contribution is 7.90. The quantitative estimate of drug-likeness (QED) is 0.582. The van der Waals surface area contributed by atoms with Crippen molar-refractivity contribution in [1.29, 1.82) is 0 Å². The van der Waals surface area contributed by atoms with Crippen LogP contribution in [0.5, 0.6) is 0 Å². The van der Waals surface area contributed by atoms with Gasteiger partial charge in [-0.25, -0.2) is 13.1 Å². The van der Waals surface area contributed by atoms with Gasteiger partial charge < -0.3 is 10.8 Å². The summed E-state index contributed by atoms with van der Waals surface area (Å²) in [6, 6.07) is 0. The maximum Gasteiger partial charge on any atom is 0.320 e. The molecule has 1 saturated carbocycles. The molecule has 0 saturated heterocycles. The van der Waals surface area contributed by atoms with Crippen LogP contribution in [-0.4, -0.2) is 37.3 Å². The van der Waals surface area contributed by atoms with Gasteiger partial charge in [-0.2, -0.15) is 0 Å². The van der Waals surface area contributed by atoms with Crippen molar-refractivity contribution in [3.8, 4) is 0 Å². The van der Waals surface area contributed by atoms with E-state index in [1.165, 1.54) is 0 Å². The summed E-state index contributed by atoms with van der Waals surface area (Å²) in [7, 11) is -3.76. The number of nitrogens with two attached hydrogens (primary N) is 1. The van der Waals surface area contributed by atoms with Crippen molar-refractivity contribution < 1.29 is 18.3 Å². The average molecular weight is 236 g/mol. The second-order valence-electron chi connectivity index (χ2n) is 3.95. The predicted octanol–water partition coefficient (Wildman–Crippen LogP) is -0.738. The first-order chi connectivity index (χ1) is 6.89. The number of aliphatic carboxylic acids is 1. The Kier molecular flexibility index (Phi) is 3.69. The summed E-state index contributed by atoms with van der Waals surface area (Å²) in [5.74, 6) is -2.25. The summed E-state index contributed by atoms with van der Waals surface area (Å²) in [5.41, 5.74) is 4.92. The van der Waals surface area contributed by atoms with Crippen molar-refractivity contribution in [3.05, 3.63) is 0 Å². The largest absolute Gasteiger partial charge is 0.480 e. The highest BCUT2D eigenvalue weighted by atomic mass is 32.2. The van der Waals surface area contributed by atoms with Crippen LogP contribution in [0.4, 0.5) is 0 Å². The number of rotatable bonds is 5. The van der Waals surface area contributed by atoms with E-state index in [2.05, 4.69) is 4.72 Å². The first-order valence-electron chi connectivity index (χ1n) is 4.83. The van der Waals surface area contributed by atoms with Crippen LogP contribution in [0.1, 0.15) is 25.7 Å². The molecule has 6 nitrogen and oxygen atoms in total. The maximum atomic E-state index is 11.4. The van der Waals surface area contributed by atoms with E-state index in [-0.39, 0.29) is 6.54 Å². The molecule has 0 radical (unpaired) electrons. The zero-order chi connectivity index (χ0) is 11.5. The molecule has 0 heterocycles. The molecule has 88 valence electrons. The molecule has 15 heavy (non-hydrogen) atoms. The van der Waals surface area contributed by atoms with E-state index in [1.807, 2.05) is 0 Å². The number of sulfonamides is 1. The van der Waals surface area contributed by atoms with Crippen LogP contribution < -0.4 is 10.5 Å². The molecule has 4 N–H and O–H groups in total. The van der Waals surface area contributed by atoms with Crippen molar-refractivity contribution in [1.82, 2.24) is 4.72 Å². The molecule has 0 aliphatic heterocycles. The van der Waals surface area contributed by atoms with Crippen LogP contribution in [-0.2, 0) is 14.8 Å². The molecule has 1 aliphatic carbocycles. The summed E-state index contributed by atoms with van der Waals surface area (Å²) in [6.45, 7) is 0.214. The molecule has 0 unspecified atom stereocenters. The Labute approximate surface area is 88.9 Å². The number of hydrogen-bond acceptors (Lipinski definition) is 4. The minimum absolute atomic E-state index is 0.214. The van der Waals surface area contributed by atoms with Gasteiger partial charge in [0.1, 0.15) is 0 Å². The Morgan fingerprint density at radius 1 is 1.40 bits per heavy atom. The highest BCUT2D eigenvalue weighted by Crippen LogP contribution is 2.29. The molecule has 0 bridgehead atoms. The number of carbonyl (C=O) groups is 1. The van der Waals surface area contributed by atoms with E-state index >= 15 is 0 Å². The molecular formula is C8H16N2O4S. The Hall–Kier alpha value is -0.660. The molecule has 0 aromatic heterocycles. The fourth-order valence-electron chi connectivity index (χ4n) is 1.93. The summed E-state index contributed by atoms with van der Waals surface area (Å²) in [4.78, 5) is 10.3. The van der Waals surface area contributed by atoms with Gasteiger partial charge in [0.2, 0.25) is 10.0 Å². The fraction of sp³-hybridized carbons (Fsp3) is 0.875.